The van der Waals surface area contributed by atoms with E-state index < -0.39 is 11.9 Å². The minimum Gasteiger partial charge on any atom is -0.382 e. The Kier molecular flexibility index (Phi) is 2.71. The van der Waals surface area contributed by atoms with Crippen molar-refractivity contribution in [1.29, 1.82) is 5.26 Å². The van der Waals surface area contributed by atoms with E-state index in [1.165, 1.54) is 24.3 Å². The molecule has 0 saturated carbocycles. The molecule has 2 N–H and O–H groups in total. The Labute approximate surface area is 100 Å². The van der Waals surface area contributed by atoms with Crippen LogP contribution in [-0.4, -0.2) is 9.78 Å². The number of alkyl halides is 3. The number of nitrogen functional groups attached to an aromatic ring is 1. The third-order valence-corrected chi connectivity index (χ3v) is 2.26. The summed E-state index contributed by atoms with van der Waals surface area (Å²) in [6, 6.07) is 8.21. The molecule has 0 aliphatic carbocycles. The summed E-state index contributed by atoms with van der Waals surface area (Å²) in [4.78, 5) is 0. The summed E-state index contributed by atoms with van der Waals surface area (Å²) in [7, 11) is 0. The SMILES string of the molecule is N#Cc1ccc(-n2nc(N)cc2C(F)(F)F)cc1. The number of rotatable bonds is 1. The first-order valence-corrected chi connectivity index (χ1v) is 4.85. The zero-order valence-corrected chi connectivity index (χ0v) is 8.94. The van der Waals surface area contributed by atoms with E-state index in [0.29, 0.717) is 10.2 Å². The van der Waals surface area contributed by atoms with Crippen molar-refractivity contribution in [3.05, 3.63) is 41.6 Å². The second kappa shape index (κ2) is 4.07. The number of nitriles is 1. The highest BCUT2D eigenvalue weighted by Crippen LogP contribution is 2.32. The molecule has 2 rings (SSSR count). The van der Waals surface area contributed by atoms with E-state index in [2.05, 4.69) is 5.10 Å². The molecular formula is C11H7F3N4. The van der Waals surface area contributed by atoms with Gasteiger partial charge < -0.3 is 5.73 Å². The van der Waals surface area contributed by atoms with Crippen LogP contribution in [0.15, 0.2) is 30.3 Å². The summed E-state index contributed by atoms with van der Waals surface area (Å²) in [5.41, 5.74) is 4.88. The number of halogens is 3. The zero-order valence-electron chi connectivity index (χ0n) is 8.94. The van der Waals surface area contributed by atoms with Crippen molar-refractivity contribution in [2.24, 2.45) is 0 Å². The van der Waals surface area contributed by atoms with E-state index >= 15 is 0 Å². The zero-order chi connectivity index (χ0) is 13.3. The van der Waals surface area contributed by atoms with Crippen molar-refractivity contribution in [2.45, 2.75) is 6.18 Å². The Hall–Kier alpha value is -2.49. The Morgan fingerprint density at radius 1 is 1.22 bits per heavy atom. The quantitative estimate of drug-likeness (QED) is 0.847. The topological polar surface area (TPSA) is 67.6 Å². The normalized spacial score (nSPS) is 11.2. The molecule has 0 radical (unpaired) electrons. The highest BCUT2D eigenvalue weighted by Gasteiger charge is 2.36. The van der Waals surface area contributed by atoms with Crippen LogP contribution in [0.3, 0.4) is 0 Å². The predicted molar refractivity (Wildman–Crippen MR) is 57.7 cm³/mol. The fraction of sp³-hybridized carbons (Fsp3) is 0.0909. The lowest BCUT2D eigenvalue weighted by Crippen LogP contribution is -2.13. The summed E-state index contributed by atoms with van der Waals surface area (Å²) in [6.45, 7) is 0. The van der Waals surface area contributed by atoms with Gasteiger partial charge in [0.25, 0.3) is 0 Å². The summed E-state index contributed by atoms with van der Waals surface area (Å²) in [5, 5.41) is 12.2. The molecule has 1 aromatic carbocycles. The number of aromatic nitrogens is 2. The van der Waals surface area contributed by atoms with E-state index in [-0.39, 0.29) is 11.5 Å². The predicted octanol–water partition coefficient (Wildman–Crippen LogP) is 2.34. The van der Waals surface area contributed by atoms with Gasteiger partial charge in [0.15, 0.2) is 0 Å². The molecule has 92 valence electrons. The maximum Gasteiger partial charge on any atom is 0.433 e. The summed E-state index contributed by atoms with van der Waals surface area (Å²) < 4.78 is 38.9. The van der Waals surface area contributed by atoms with Crippen LogP contribution in [0.25, 0.3) is 5.69 Å². The molecule has 0 unspecified atom stereocenters. The molecule has 4 nitrogen and oxygen atoms in total. The van der Waals surface area contributed by atoms with Crippen molar-refractivity contribution < 1.29 is 13.2 Å². The summed E-state index contributed by atoms with van der Waals surface area (Å²) >= 11 is 0. The van der Waals surface area contributed by atoms with Crippen LogP contribution in [0, 0.1) is 11.3 Å². The third-order valence-electron chi connectivity index (χ3n) is 2.26. The van der Waals surface area contributed by atoms with Crippen LogP contribution in [0.1, 0.15) is 11.3 Å². The monoisotopic (exact) mass is 252 g/mol. The largest absolute Gasteiger partial charge is 0.433 e. The van der Waals surface area contributed by atoms with Crippen molar-refractivity contribution in [1.82, 2.24) is 9.78 Å². The van der Waals surface area contributed by atoms with Crippen molar-refractivity contribution in [3.8, 4) is 11.8 Å². The van der Waals surface area contributed by atoms with Gasteiger partial charge in [-0.3, -0.25) is 0 Å². The molecule has 2 aromatic rings. The van der Waals surface area contributed by atoms with E-state index in [1.807, 2.05) is 6.07 Å². The van der Waals surface area contributed by atoms with Crippen molar-refractivity contribution >= 4 is 5.82 Å². The summed E-state index contributed by atoms with van der Waals surface area (Å²) in [5.74, 6) is -0.216. The first-order chi connectivity index (χ1) is 8.41. The minimum atomic E-state index is -4.54. The lowest BCUT2D eigenvalue weighted by atomic mass is 10.2. The molecule has 0 spiro atoms. The molecule has 0 amide bonds. The third kappa shape index (κ3) is 2.13. The smallest absolute Gasteiger partial charge is 0.382 e. The van der Waals surface area contributed by atoms with Crippen LogP contribution in [-0.2, 0) is 6.18 Å². The van der Waals surface area contributed by atoms with Crippen molar-refractivity contribution in [2.75, 3.05) is 5.73 Å². The van der Waals surface area contributed by atoms with Gasteiger partial charge in [0.2, 0.25) is 0 Å². The fourth-order valence-electron chi connectivity index (χ4n) is 1.48. The van der Waals surface area contributed by atoms with Gasteiger partial charge in [0, 0.05) is 6.07 Å². The average Bonchev–Trinajstić information content (AvgIpc) is 2.71. The number of hydrogen-bond donors (Lipinski definition) is 1. The average molecular weight is 252 g/mol. The van der Waals surface area contributed by atoms with Gasteiger partial charge in [0.1, 0.15) is 11.5 Å². The second-order valence-electron chi connectivity index (χ2n) is 3.52. The molecule has 1 aromatic heterocycles. The van der Waals surface area contributed by atoms with Gasteiger partial charge in [-0.15, -0.1) is 0 Å². The standard InChI is InChI=1S/C11H7F3N4/c12-11(13,14)9-5-10(16)17-18(9)8-3-1-7(6-15)2-4-8/h1-5H,(H2,16,17). The number of nitrogens with two attached hydrogens (primary N) is 1. The van der Waals surface area contributed by atoms with Crippen LogP contribution < -0.4 is 5.73 Å². The Morgan fingerprint density at radius 3 is 2.33 bits per heavy atom. The second-order valence-corrected chi connectivity index (χ2v) is 3.52. The Bertz CT molecular complexity index is 605. The maximum absolute atomic E-state index is 12.7. The maximum atomic E-state index is 12.7. The van der Waals surface area contributed by atoms with Crippen LogP contribution in [0.5, 0.6) is 0 Å². The highest BCUT2D eigenvalue weighted by atomic mass is 19.4. The molecule has 18 heavy (non-hydrogen) atoms. The molecule has 7 heteroatoms. The van der Waals surface area contributed by atoms with Gasteiger partial charge in [-0.05, 0) is 24.3 Å². The van der Waals surface area contributed by atoms with Gasteiger partial charge in [-0.1, -0.05) is 0 Å². The van der Waals surface area contributed by atoms with E-state index in [1.54, 1.807) is 0 Å². The summed E-state index contributed by atoms with van der Waals surface area (Å²) in [6.07, 6.45) is -4.54. The van der Waals surface area contributed by atoms with Gasteiger partial charge in [0.05, 0.1) is 17.3 Å². The van der Waals surface area contributed by atoms with Crippen LogP contribution >= 0.6 is 0 Å². The lowest BCUT2D eigenvalue weighted by Gasteiger charge is -2.09. The molecule has 0 fully saturated rings. The highest BCUT2D eigenvalue weighted by molar-refractivity contribution is 5.43. The Balaban J connectivity index is 2.53. The minimum absolute atomic E-state index is 0.193. The fourth-order valence-corrected chi connectivity index (χ4v) is 1.48. The van der Waals surface area contributed by atoms with Gasteiger partial charge in [-0.2, -0.15) is 23.5 Å². The van der Waals surface area contributed by atoms with E-state index in [0.717, 1.165) is 6.07 Å². The molecular weight excluding hydrogens is 245 g/mol. The number of hydrogen-bond acceptors (Lipinski definition) is 3. The molecule has 0 atom stereocenters. The number of nitrogens with zero attached hydrogens (tertiary/aromatic N) is 3. The molecule has 0 saturated heterocycles. The lowest BCUT2D eigenvalue weighted by molar-refractivity contribution is -0.142. The van der Waals surface area contributed by atoms with Gasteiger partial charge in [-0.25, -0.2) is 4.68 Å². The Morgan fingerprint density at radius 2 is 1.83 bits per heavy atom. The van der Waals surface area contributed by atoms with E-state index in [4.69, 9.17) is 11.0 Å². The first-order valence-electron chi connectivity index (χ1n) is 4.85. The number of benzene rings is 1. The van der Waals surface area contributed by atoms with Crippen LogP contribution in [0.2, 0.25) is 0 Å². The van der Waals surface area contributed by atoms with Gasteiger partial charge >= 0.3 is 6.18 Å². The molecule has 0 aliphatic heterocycles. The number of anilines is 1. The first kappa shape index (κ1) is 12.0. The van der Waals surface area contributed by atoms with Crippen LogP contribution in [0.4, 0.5) is 19.0 Å². The molecule has 0 aliphatic rings. The van der Waals surface area contributed by atoms with E-state index in [9.17, 15) is 13.2 Å². The van der Waals surface area contributed by atoms with Crippen molar-refractivity contribution in [3.63, 3.8) is 0 Å². The molecule has 1 heterocycles. The molecule has 0 bridgehead atoms.